The maximum absolute atomic E-state index is 4.50. The lowest BCUT2D eigenvalue weighted by Gasteiger charge is -2.13. The second kappa shape index (κ2) is 14.1. The summed E-state index contributed by atoms with van der Waals surface area (Å²) in [7, 11) is 1.50. The van der Waals surface area contributed by atoms with Gasteiger partial charge in [-0.05, 0) is 99.2 Å². The molecule has 0 radical (unpaired) electrons. The average molecular weight is 376 g/mol. The maximum atomic E-state index is 4.50. The number of thioether (sulfide) groups is 1. The van der Waals surface area contributed by atoms with Crippen molar-refractivity contribution in [1.82, 2.24) is 0 Å². The van der Waals surface area contributed by atoms with Gasteiger partial charge < -0.3 is 5.73 Å². The second-order valence-electron chi connectivity index (χ2n) is 6.98. The summed E-state index contributed by atoms with van der Waals surface area (Å²) in [4.78, 5) is 0. The molecule has 0 unspecified atom stereocenters. The molecule has 0 bridgehead atoms. The van der Waals surface area contributed by atoms with Crippen molar-refractivity contribution in [1.29, 1.82) is 0 Å². The van der Waals surface area contributed by atoms with Crippen molar-refractivity contribution in [3.8, 4) is 0 Å². The molecule has 3 rings (SSSR count). The normalized spacial score (nSPS) is 14.7. The highest BCUT2D eigenvalue weighted by Crippen LogP contribution is 2.39. The van der Waals surface area contributed by atoms with Crippen LogP contribution >= 0.6 is 11.8 Å². The quantitative estimate of drug-likeness (QED) is 0.621. The van der Waals surface area contributed by atoms with Gasteiger partial charge in [0.05, 0.1) is 0 Å². The first-order chi connectivity index (χ1) is 12.5. The zero-order valence-corrected chi connectivity index (χ0v) is 19.1. The summed E-state index contributed by atoms with van der Waals surface area (Å²) in [5.74, 6) is 0.857. The molecule has 0 aromatic heterocycles. The third-order valence-corrected chi connectivity index (χ3v) is 4.57. The number of nitrogens with two attached hydrogens (primary N) is 1. The highest BCUT2D eigenvalue weighted by Gasteiger charge is 2.24. The van der Waals surface area contributed by atoms with E-state index >= 15 is 0 Å². The molecular weight excluding hydrogens is 334 g/mol. The van der Waals surface area contributed by atoms with Crippen LogP contribution < -0.4 is 5.73 Å². The summed E-state index contributed by atoms with van der Waals surface area (Å²) >= 11 is 1.75. The fourth-order valence-electron chi connectivity index (χ4n) is 3.24. The van der Waals surface area contributed by atoms with E-state index in [2.05, 4.69) is 52.1 Å². The smallest absolute Gasteiger partial charge is 0.0152 e. The first-order valence-corrected chi connectivity index (χ1v) is 11.6. The van der Waals surface area contributed by atoms with Crippen molar-refractivity contribution >= 4 is 23.9 Å². The molecule has 2 heteroatoms. The summed E-state index contributed by atoms with van der Waals surface area (Å²) < 4.78 is 0. The molecule has 2 N–H and O–H groups in total. The van der Waals surface area contributed by atoms with Gasteiger partial charge in [0.1, 0.15) is 0 Å². The summed E-state index contributed by atoms with van der Waals surface area (Å²) in [5, 5.41) is 0. The Labute approximate surface area is 167 Å². The van der Waals surface area contributed by atoms with E-state index < -0.39 is 0 Å². The number of benzene rings is 1. The molecule has 26 heavy (non-hydrogen) atoms. The molecule has 2 aliphatic rings. The Morgan fingerprint density at radius 2 is 1.77 bits per heavy atom. The SMILES string of the molecule is C=Cc1cc2c(c(C)c1/C=C(\C)C1CC1)CCC2.CCC.CN.CSC. The lowest BCUT2D eigenvalue weighted by Crippen LogP contribution is -1.96. The first-order valence-electron chi connectivity index (χ1n) is 9.97. The number of hydrogen-bond acceptors (Lipinski definition) is 2. The Kier molecular flexibility index (Phi) is 13.6. The second-order valence-corrected chi connectivity index (χ2v) is 7.79. The van der Waals surface area contributed by atoms with Crippen LogP contribution in [0.25, 0.3) is 12.2 Å². The molecule has 1 nitrogen and oxygen atoms in total. The molecule has 1 fully saturated rings. The fraction of sp³-hybridized carbons (Fsp3) is 0.583. The molecule has 0 spiro atoms. The third kappa shape index (κ3) is 7.72. The van der Waals surface area contributed by atoms with Gasteiger partial charge in [-0.25, -0.2) is 0 Å². The lowest BCUT2D eigenvalue weighted by molar-refractivity contribution is 0.909. The minimum Gasteiger partial charge on any atom is -0.333 e. The number of allylic oxidation sites excluding steroid dienone is 1. The third-order valence-electron chi connectivity index (χ3n) is 4.57. The molecule has 1 aromatic rings. The van der Waals surface area contributed by atoms with Crippen molar-refractivity contribution in [2.24, 2.45) is 11.7 Å². The predicted octanol–water partition coefficient (Wildman–Crippen LogP) is 6.91. The molecule has 0 aliphatic heterocycles. The summed E-state index contributed by atoms with van der Waals surface area (Å²) in [6.45, 7) is 12.8. The molecule has 2 aliphatic carbocycles. The minimum absolute atomic E-state index is 0.857. The van der Waals surface area contributed by atoms with Crippen LogP contribution in [0.4, 0.5) is 0 Å². The van der Waals surface area contributed by atoms with Crippen LogP contribution in [-0.4, -0.2) is 19.6 Å². The van der Waals surface area contributed by atoms with Crippen molar-refractivity contribution in [3.05, 3.63) is 46.0 Å². The van der Waals surface area contributed by atoms with Crippen LogP contribution in [-0.2, 0) is 12.8 Å². The van der Waals surface area contributed by atoms with E-state index in [9.17, 15) is 0 Å². The topological polar surface area (TPSA) is 26.0 Å². The zero-order chi connectivity index (χ0) is 20.1. The van der Waals surface area contributed by atoms with Gasteiger partial charge in [0.15, 0.2) is 0 Å². The van der Waals surface area contributed by atoms with Crippen LogP contribution in [0.15, 0.2) is 18.2 Å². The zero-order valence-electron chi connectivity index (χ0n) is 18.2. The van der Waals surface area contributed by atoms with Gasteiger partial charge in [0.25, 0.3) is 0 Å². The standard InChI is InChI=1S/C18H22.C3H8.C2H6S.CH5N/c1-4-14-11-16-6-5-7-17(16)13(3)18(14)10-12(2)15-8-9-15;2*1-3-2;1-2/h4,10-11,15H,1,5-9H2,2-3H3;3H2,1-2H3;1-2H3;2H2,1H3/b12-10+;;;. The minimum atomic E-state index is 0.857. The molecule has 1 saturated carbocycles. The Bertz CT molecular complexity index is 566. The van der Waals surface area contributed by atoms with E-state index in [1.807, 2.05) is 18.6 Å². The molecule has 148 valence electrons. The van der Waals surface area contributed by atoms with Gasteiger partial charge in [-0.2, -0.15) is 11.8 Å². The van der Waals surface area contributed by atoms with Crippen LogP contribution in [0.5, 0.6) is 0 Å². The Morgan fingerprint density at radius 3 is 2.23 bits per heavy atom. The van der Waals surface area contributed by atoms with Gasteiger partial charge >= 0.3 is 0 Å². The molecule has 0 atom stereocenters. The van der Waals surface area contributed by atoms with E-state index in [4.69, 9.17) is 0 Å². The number of aryl methyl sites for hydroxylation is 1. The van der Waals surface area contributed by atoms with E-state index in [1.54, 1.807) is 28.5 Å². The summed E-state index contributed by atoms with van der Waals surface area (Å²) in [5.41, 5.74) is 13.5. The Morgan fingerprint density at radius 1 is 1.23 bits per heavy atom. The van der Waals surface area contributed by atoms with Crippen LogP contribution in [0.3, 0.4) is 0 Å². The van der Waals surface area contributed by atoms with Crippen LogP contribution in [0.2, 0.25) is 0 Å². The monoisotopic (exact) mass is 375 g/mol. The highest BCUT2D eigenvalue weighted by atomic mass is 32.2. The highest BCUT2D eigenvalue weighted by molar-refractivity contribution is 7.97. The first kappa shape index (κ1) is 25.0. The largest absolute Gasteiger partial charge is 0.333 e. The number of hydrogen-bond donors (Lipinski definition) is 1. The molecule has 0 amide bonds. The maximum Gasteiger partial charge on any atom is -0.0152 e. The van der Waals surface area contributed by atoms with E-state index in [0.717, 1.165) is 5.92 Å². The van der Waals surface area contributed by atoms with Crippen molar-refractivity contribution in [2.45, 2.75) is 66.2 Å². The van der Waals surface area contributed by atoms with E-state index in [1.165, 1.54) is 62.3 Å². The van der Waals surface area contributed by atoms with Crippen molar-refractivity contribution < 1.29 is 0 Å². The molecule has 0 saturated heterocycles. The number of rotatable bonds is 3. The van der Waals surface area contributed by atoms with E-state index in [0.29, 0.717) is 0 Å². The fourth-order valence-corrected chi connectivity index (χ4v) is 3.24. The van der Waals surface area contributed by atoms with Crippen molar-refractivity contribution in [2.75, 3.05) is 19.6 Å². The number of fused-ring (bicyclic) bond motifs is 1. The Hall–Kier alpha value is -0.990. The molecule has 1 aromatic carbocycles. The Balaban J connectivity index is 0.000000679. The molecule has 0 heterocycles. The summed E-state index contributed by atoms with van der Waals surface area (Å²) in [6, 6.07) is 2.37. The van der Waals surface area contributed by atoms with Gasteiger partial charge in [-0.3, -0.25) is 0 Å². The van der Waals surface area contributed by atoms with E-state index in [-0.39, 0.29) is 0 Å². The van der Waals surface area contributed by atoms with Crippen LogP contribution in [0, 0.1) is 12.8 Å². The van der Waals surface area contributed by atoms with Gasteiger partial charge in [0.2, 0.25) is 0 Å². The van der Waals surface area contributed by atoms with Gasteiger partial charge in [-0.1, -0.05) is 50.6 Å². The van der Waals surface area contributed by atoms with Gasteiger partial charge in [-0.15, -0.1) is 0 Å². The average Bonchev–Trinajstić information content (AvgIpc) is 3.38. The van der Waals surface area contributed by atoms with Gasteiger partial charge in [0, 0.05) is 0 Å². The predicted molar refractivity (Wildman–Crippen MR) is 125 cm³/mol. The summed E-state index contributed by atoms with van der Waals surface area (Å²) in [6.07, 6.45) is 16.4. The molecular formula is C24H41NS. The lowest BCUT2D eigenvalue weighted by atomic mass is 9.92. The van der Waals surface area contributed by atoms with Crippen molar-refractivity contribution in [3.63, 3.8) is 0 Å². The van der Waals surface area contributed by atoms with Crippen LogP contribution in [0.1, 0.15) is 74.3 Å².